The summed E-state index contributed by atoms with van der Waals surface area (Å²) in [7, 11) is 0. The lowest BCUT2D eigenvalue weighted by Gasteiger charge is -2.14. The van der Waals surface area contributed by atoms with Crippen LogP contribution < -0.4 is 21.1 Å². The standard InChI is InChI=1S/C19H21N3O4/c20-18(24)12-1-5-15(6-2-12)26-16-7-3-13(4-8-16)19(25)22-10-14-9-21-11-17(14)23/h1-8,14,17,21,23H,9-11H2,(H2,20,24)(H,22,25). The normalized spacial score (nSPS) is 19.1. The molecule has 2 aromatic rings. The number of nitrogens with two attached hydrogens (primary N) is 1. The molecule has 1 fully saturated rings. The second-order valence-electron chi connectivity index (χ2n) is 6.21. The highest BCUT2D eigenvalue weighted by Gasteiger charge is 2.25. The van der Waals surface area contributed by atoms with Crippen LogP contribution in [0.2, 0.25) is 0 Å². The zero-order valence-corrected chi connectivity index (χ0v) is 14.1. The van der Waals surface area contributed by atoms with Gasteiger partial charge in [0.25, 0.3) is 5.91 Å². The number of ether oxygens (including phenoxy) is 1. The number of benzene rings is 2. The van der Waals surface area contributed by atoms with Crippen LogP contribution in [0.25, 0.3) is 0 Å². The first-order valence-electron chi connectivity index (χ1n) is 8.37. The predicted octanol–water partition coefficient (Wildman–Crippen LogP) is 0.888. The zero-order chi connectivity index (χ0) is 18.5. The Morgan fingerprint density at radius 1 is 1.04 bits per heavy atom. The summed E-state index contributed by atoms with van der Waals surface area (Å²) >= 11 is 0. The van der Waals surface area contributed by atoms with Crippen LogP contribution in [0.15, 0.2) is 48.5 Å². The van der Waals surface area contributed by atoms with Gasteiger partial charge in [-0.25, -0.2) is 0 Å². The van der Waals surface area contributed by atoms with Gasteiger partial charge in [0.2, 0.25) is 5.91 Å². The van der Waals surface area contributed by atoms with Crippen molar-refractivity contribution in [2.75, 3.05) is 19.6 Å². The smallest absolute Gasteiger partial charge is 0.251 e. The molecule has 1 heterocycles. The summed E-state index contributed by atoms with van der Waals surface area (Å²) < 4.78 is 5.68. The van der Waals surface area contributed by atoms with Crippen molar-refractivity contribution in [3.63, 3.8) is 0 Å². The van der Waals surface area contributed by atoms with Crippen molar-refractivity contribution >= 4 is 11.8 Å². The molecule has 26 heavy (non-hydrogen) atoms. The third-order valence-electron chi connectivity index (χ3n) is 4.32. The molecule has 0 aliphatic carbocycles. The van der Waals surface area contributed by atoms with Gasteiger partial charge in [-0.05, 0) is 48.5 Å². The Bertz CT molecular complexity index is 774. The molecule has 5 N–H and O–H groups in total. The van der Waals surface area contributed by atoms with E-state index in [0.29, 0.717) is 42.3 Å². The maximum atomic E-state index is 12.2. The monoisotopic (exact) mass is 355 g/mol. The first-order chi connectivity index (χ1) is 12.5. The maximum Gasteiger partial charge on any atom is 0.251 e. The number of rotatable bonds is 6. The second-order valence-corrected chi connectivity index (χ2v) is 6.21. The van der Waals surface area contributed by atoms with E-state index in [1.54, 1.807) is 48.5 Å². The fourth-order valence-electron chi connectivity index (χ4n) is 2.75. The van der Waals surface area contributed by atoms with E-state index in [1.165, 1.54) is 0 Å². The molecular formula is C19H21N3O4. The largest absolute Gasteiger partial charge is 0.457 e. The topological polar surface area (TPSA) is 114 Å². The first-order valence-corrected chi connectivity index (χ1v) is 8.37. The van der Waals surface area contributed by atoms with Crippen LogP contribution in [-0.4, -0.2) is 42.7 Å². The summed E-state index contributed by atoms with van der Waals surface area (Å²) in [6.45, 7) is 1.69. The van der Waals surface area contributed by atoms with E-state index in [-0.39, 0.29) is 11.8 Å². The molecule has 0 spiro atoms. The molecule has 2 aromatic carbocycles. The number of carbonyl (C=O) groups excluding carboxylic acids is 2. The Morgan fingerprint density at radius 2 is 1.62 bits per heavy atom. The fraction of sp³-hybridized carbons (Fsp3) is 0.263. The van der Waals surface area contributed by atoms with Crippen LogP contribution >= 0.6 is 0 Å². The molecular weight excluding hydrogens is 334 g/mol. The quantitative estimate of drug-likeness (QED) is 0.614. The summed E-state index contributed by atoms with van der Waals surface area (Å²) in [6, 6.07) is 13.2. The number of nitrogens with one attached hydrogen (secondary N) is 2. The van der Waals surface area contributed by atoms with Crippen LogP contribution in [0.1, 0.15) is 20.7 Å². The van der Waals surface area contributed by atoms with E-state index in [1.807, 2.05) is 0 Å². The van der Waals surface area contributed by atoms with Crippen LogP contribution in [-0.2, 0) is 0 Å². The lowest BCUT2D eigenvalue weighted by atomic mass is 10.1. The van der Waals surface area contributed by atoms with E-state index >= 15 is 0 Å². The molecule has 0 radical (unpaired) electrons. The molecule has 0 saturated carbocycles. The van der Waals surface area contributed by atoms with Gasteiger partial charge in [0.1, 0.15) is 11.5 Å². The van der Waals surface area contributed by atoms with Gasteiger partial charge < -0.3 is 26.2 Å². The molecule has 136 valence electrons. The maximum absolute atomic E-state index is 12.2. The Kier molecular flexibility index (Phi) is 5.50. The Balaban J connectivity index is 1.55. The summed E-state index contributed by atoms with van der Waals surface area (Å²) in [5, 5.41) is 15.7. The minimum absolute atomic E-state index is 0.0323. The van der Waals surface area contributed by atoms with Crippen LogP contribution in [0.4, 0.5) is 0 Å². The Hall–Kier alpha value is -2.90. The minimum Gasteiger partial charge on any atom is -0.457 e. The number of aliphatic hydroxyl groups excluding tert-OH is 1. The van der Waals surface area contributed by atoms with Gasteiger partial charge in [0.15, 0.2) is 0 Å². The van der Waals surface area contributed by atoms with Crippen molar-refractivity contribution in [2.24, 2.45) is 11.7 Å². The van der Waals surface area contributed by atoms with Crippen molar-refractivity contribution in [3.8, 4) is 11.5 Å². The van der Waals surface area contributed by atoms with Crippen molar-refractivity contribution in [1.29, 1.82) is 0 Å². The molecule has 2 unspecified atom stereocenters. The van der Waals surface area contributed by atoms with E-state index < -0.39 is 12.0 Å². The summed E-state index contributed by atoms with van der Waals surface area (Å²) in [5.41, 5.74) is 6.12. The Labute approximate surface area is 151 Å². The van der Waals surface area contributed by atoms with Crippen molar-refractivity contribution in [1.82, 2.24) is 10.6 Å². The van der Waals surface area contributed by atoms with Crippen molar-refractivity contribution in [3.05, 3.63) is 59.7 Å². The van der Waals surface area contributed by atoms with Crippen LogP contribution in [0.5, 0.6) is 11.5 Å². The second kappa shape index (κ2) is 7.99. The lowest BCUT2D eigenvalue weighted by Crippen LogP contribution is -2.34. The van der Waals surface area contributed by atoms with E-state index in [2.05, 4.69) is 10.6 Å². The van der Waals surface area contributed by atoms with Crippen LogP contribution in [0, 0.1) is 5.92 Å². The SMILES string of the molecule is NC(=O)c1ccc(Oc2ccc(C(=O)NCC3CNCC3O)cc2)cc1. The third kappa shape index (κ3) is 4.38. The Morgan fingerprint density at radius 3 is 2.12 bits per heavy atom. The van der Waals surface area contributed by atoms with Gasteiger partial charge in [0, 0.05) is 36.7 Å². The molecule has 0 aromatic heterocycles. The third-order valence-corrected chi connectivity index (χ3v) is 4.32. The van der Waals surface area contributed by atoms with Gasteiger partial charge in [-0.1, -0.05) is 0 Å². The van der Waals surface area contributed by atoms with Gasteiger partial charge >= 0.3 is 0 Å². The van der Waals surface area contributed by atoms with Crippen molar-refractivity contribution < 1.29 is 19.4 Å². The predicted molar refractivity (Wildman–Crippen MR) is 96.2 cm³/mol. The first kappa shape index (κ1) is 17.9. The minimum atomic E-state index is -0.493. The number of primary amides is 1. The average Bonchev–Trinajstić information content (AvgIpc) is 3.06. The van der Waals surface area contributed by atoms with Crippen molar-refractivity contribution in [2.45, 2.75) is 6.10 Å². The number of β-amino-alcohol motifs (C(OH)–C–C–N with tert-alkyl or cyclic N) is 1. The van der Waals surface area contributed by atoms with Gasteiger partial charge in [0.05, 0.1) is 6.10 Å². The fourth-order valence-corrected chi connectivity index (χ4v) is 2.75. The number of amides is 2. The average molecular weight is 355 g/mol. The van der Waals surface area contributed by atoms with E-state index in [4.69, 9.17) is 10.5 Å². The molecule has 7 nitrogen and oxygen atoms in total. The van der Waals surface area contributed by atoms with Gasteiger partial charge in [-0.2, -0.15) is 0 Å². The molecule has 3 rings (SSSR count). The molecule has 2 atom stereocenters. The van der Waals surface area contributed by atoms with Gasteiger partial charge in [-0.3, -0.25) is 9.59 Å². The highest BCUT2D eigenvalue weighted by molar-refractivity contribution is 5.94. The van der Waals surface area contributed by atoms with E-state index in [9.17, 15) is 14.7 Å². The van der Waals surface area contributed by atoms with Gasteiger partial charge in [-0.15, -0.1) is 0 Å². The molecule has 1 saturated heterocycles. The lowest BCUT2D eigenvalue weighted by molar-refractivity contribution is 0.0926. The number of aliphatic hydroxyl groups is 1. The number of hydrogen-bond donors (Lipinski definition) is 4. The van der Waals surface area contributed by atoms with E-state index in [0.717, 1.165) is 0 Å². The molecule has 0 bridgehead atoms. The highest BCUT2D eigenvalue weighted by atomic mass is 16.5. The summed E-state index contributed by atoms with van der Waals surface area (Å²) in [4.78, 5) is 23.2. The number of carbonyl (C=O) groups is 2. The summed E-state index contributed by atoms with van der Waals surface area (Å²) in [6.07, 6.45) is -0.424. The molecule has 2 amide bonds. The molecule has 7 heteroatoms. The zero-order valence-electron chi connectivity index (χ0n) is 14.1. The molecule has 1 aliphatic rings. The molecule has 1 aliphatic heterocycles. The highest BCUT2D eigenvalue weighted by Crippen LogP contribution is 2.22. The summed E-state index contributed by atoms with van der Waals surface area (Å²) in [5.74, 6) is 0.484. The number of hydrogen-bond acceptors (Lipinski definition) is 5. The van der Waals surface area contributed by atoms with Crippen LogP contribution in [0.3, 0.4) is 0 Å².